The van der Waals surface area contributed by atoms with Gasteiger partial charge in [0, 0.05) is 7.05 Å². The van der Waals surface area contributed by atoms with Gasteiger partial charge in [-0.3, -0.25) is 0 Å². The Bertz CT molecular complexity index is 662. The molecule has 2 aromatic heterocycles. The highest BCUT2D eigenvalue weighted by Gasteiger charge is 2.45. The lowest BCUT2D eigenvalue weighted by atomic mass is 10.1. The van der Waals surface area contributed by atoms with Crippen molar-refractivity contribution in [3.63, 3.8) is 0 Å². The highest BCUT2D eigenvalue weighted by atomic mass is 16.6. The SMILES string of the molecule is CNc1ncnc2c1nc(O)n2[C@@H]1O[C@H](CO)C(O)C1O. The molecule has 0 aliphatic carbocycles. The second-order valence-corrected chi connectivity index (χ2v) is 4.66. The van der Waals surface area contributed by atoms with Crippen LogP contribution in [0.4, 0.5) is 5.82 Å². The summed E-state index contributed by atoms with van der Waals surface area (Å²) in [6.07, 6.45) is -3.40. The highest BCUT2D eigenvalue weighted by molar-refractivity contribution is 5.83. The van der Waals surface area contributed by atoms with Crippen LogP contribution < -0.4 is 5.32 Å². The molecule has 3 rings (SSSR count). The van der Waals surface area contributed by atoms with Gasteiger partial charge in [-0.25, -0.2) is 14.5 Å². The molecule has 10 nitrogen and oxygen atoms in total. The van der Waals surface area contributed by atoms with E-state index in [9.17, 15) is 15.3 Å². The van der Waals surface area contributed by atoms with E-state index < -0.39 is 37.2 Å². The lowest BCUT2D eigenvalue weighted by Crippen LogP contribution is -2.33. The predicted molar refractivity (Wildman–Crippen MR) is 69.5 cm³/mol. The van der Waals surface area contributed by atoms with Crippen molar-refractivity contribution in [3.05, 3.63) is 6.33 Å². The Kier molecular flexibility index (Phi) is 3.37. The number of rotatable bonds is 3. The number of anilines is 1. The maximum Gasteiger partial charge on any atom is 0.298 e. The Morgan fingerprint density at radius 2 is 2.10 bits per heavy atom. The maximum absolute atomic E-state index is 10.0. The van der Waals surface area contributed by atoms with Crippen LogP contribution in [0.2, 0.25) is 0 Å². The van der Waals surface area contributed by atoms with E-state index in [-0.39, 0.29) is 5.65 Å². The first-order valence-corrected chi connectivity index (χ1v) is 6.30. The van der Waals surface area contributed by atoms with Gasteiger partial charge in [-0.15, -0.1) is 0 Å². The van der Waals surface area contributed by atoms with Gasteiger partial charge in [0.15, 0.2) is 23.2 Å². The number of aliphatic hydroxyl groups is 3. The third-order valence-electron chi connectivity index (χ3n) is 3.47. The second-order valence-electron chi connectivity index (χ2n) is 4.66. The summed E-state index contributed by atoms with van der Waals surface area (Å²) in [4.78, 5) is 11.9. The summed E-state index contributed by atoms with van der Waals surface area (Å²) in [6.45, 7) is -0.459. The van der Waals surface area contributed by atoms with Crippen molar-refractivity contribution < 1.29 is 25.2 Å². The average Bonchev–Trinajstić information content (AvgIpc) is 2.96. The predicted octanol–water partition coefficient (Wildman–Crippen LogP) is -1.81. The van der Waals surface area contributed by atoms with Gasteiger partial charge in [-0.05, 0) is 0 Å². The fourth-order valence-electron chi connectivity index (χ4n) is 2.41. The quantitative estimate of drug-likeness (QED) is 0.442. The lowest BCUT2D eigenvalue weighted by molar-refractivity contribution is -0.0537. The Labute approximate surface area is 118 Å². The van der Waals surface area contributed by atoms with Crippen LogP contribution in [0.15, 0.2) is 6.33 Å². The zero-order valence-electron chi connectivity index (χ0n) is 11.1. The van der Waals surface area contributed by atoms with Gasteiger partial charge >= 0.3 is 0 Å². The minimum absolute atomic E-state index is 0.238. The first-order valence-electron chi connectivity index (χ1n) is 6.30. The van der Waals surface area contributed by atoms with Crippen LogP contribution in [0.3, 0.4) is 0 Å². The van der Waals surface area contributed by atoms with Crippen LogP contribution in [-0.2, 0) is 4.74 Å². The molecule has 1 saturated heterocycles. The molecule has 1 fully saturated rings. The molecule has 3 heterocycles. The number of fused-ring (bicyclic) bond motifs is 1. The molecular formula is C11H15N5O5. The van der Waals surface area contributed by atoms with E-state index in [1.165, 1.54) is 6.33 Å². The molecule has 2 aromatic rings. The van der Waals surface area contributed by atoms with Crippen LogP contribution in [-0.4, -0.2) is 71.9 Å². The molecule has 114 valence electrons. The van der Waals surface area contributed by atoms with E-state index in [0.29, 0.717) is 11.3 Å². The molecule has 0 saturated carbocycles. The van der Waals surface area contributed by atoms with Gasteiger partial charge in [0.1, 0.15) is 24.6 Å². The van der Waals surface area contributed by atoms with Crippen molar-refractivity contribution in [1.82, 2.24) is 19.5 Å². The number of aromatic hydroxyl groups is 1. The zero-order valence-corrected chi connectivity index (χ0v) is 11.1. The molecule has 0 radical (unpaired) electrons. The first kappa shape index (κ1) is 13.9. The van der Waals surface area contributed by atoms with Gasteiger partial charge in [0.25, 0.3) is 6.01 Å². The Morgan fingerprint density at radius 1 is 1.33 bits per heavy atom. The Balaban J connectivity index is 2.11. The normalized spacial score (nSPS) is 29.1. The zero-order chi connectivity index (χ0) is 15.1. The molecule has 5 N–H and O–H groups in total. The molecule has 0 bridgehead atoms. The number of aliphatic hydroxyl groups excluding tert-OH is 3. The Morgan fingerprint density at radius 3 is 2.71 bits per heavy atom. The van der Waals surface area contributed by atoms with Gasteiger partial charge < -0.3 is 30.5 Å². The van der Waals surface area contributed by atoms with Gasteiger partial charge in [-0.1, -0.05) is 0 Å². The van der Waals surface area contributed by atoms with Crippen molar-refractivity contribution in [3.8, 4) is 6.01 Å². The maximum atomic E-state index is 10.0. The summed E-state index contributed by atoms with van der Waals surface area (Å²) in [6, 6.07) is -0.433. The number of ether oxygens (including phenoxy) is 1. The van der Waals surface area contributed by atoms with Crippen molar-refractivity contribution in [2.75, 3.05) is 19.0 Å². The molecule has 0 spiro atoms. The fraction of sp³-hybridized carbons (Fsp3) is 0.545. The van der Waals surface area contributed by atoms with E-state index in [4.69, 9.17) is 9.84 Å². The number of hydrogen-bond donors (Lipinski definition) is 5. The largest absolute Gasteiger partial charge is 0.480 e. The van der Waals surface area contributed by atoms with Crippen molar-refractivity contribution in [2.45, 2.75) is 24.5 Å². The summed E-state index contributed by atoms with van der Waals surface area (Å²) in [5.41, 5.74) is 0.539. The van der Waals surface area contributed by atoms with E-state index in [1.807, 2.05) is 0 Å². The summed E-state index contributed by atoms with van der Waals surface area (Å²) in [5.74, 6) is 0.404. The van der Waals surface area contributed by atoms with Crippen LogP contribution in [0.1, 0.15) is 6.23 Å². The van der Waals surface area contributed by atoms with Crippen molar-refractivity contribution >= 4 is 17.0 Å². The third kappa shape index (κ3) is 2.00. The summed E-state index contributed by atoms with van der Waals surface area (Å²) < 4.78 is 6.53. The monoisotopic (exact) mass is 297 g/mol. The molecule has 10 heteroatoms. The number of aromatic nitrogens is 4. The minimum atomic E-state index is -1.33. The second kappa shape index (κ2) is 5.07. The average molecular weight is 297 g/mol. The smallest absolute Gasteiger partial charge is 0.298 e. The number of hydrogen-bond acceptors (Lipinski definition) is 9. The molecule has 2 unspecified atom stereocenters. The minimum Gasteiger partial charge on any atom is -0.480 e. The van der Waals surface area contributed by atoms with Gasteiger partial charge in [0.2, 0.25) is 0 Å². The highest BCUT2D eigenvalue weighted by Crippen LogP contribution is 2.35. The number of nitrogens with one attached hydrogen (secondary N) is 1. The van der Waals surface area contributed by atoms with Gasteiger partial charge in [-0.2, -0.15) is 4.98 Å². The summed E-state index contributed by atoms with van der Waals surface area (Å²) in [5, 5.41) is 41.8. The number of nitrogens with zero attached hydrogens (tertiary/aromatic N) is 4. The molecular weight excluding hydrogens is 282 g/mol. The number of imidazole rings is 1. The summed E-state index contributed by atoms with van der Waals surface area (Å²) >= 11 is 0. The van der Waals surface area contributed by atoms with E-state index in [1.54, 1.807) is 7.05 Å². The van der Waals surface area contributed by atoms with E-state index in [0.717, 1.165) is 4.57 Å². The molecule has 1 aliphatic rings. The summed E-state index contributed by atoms with van der Waals surface area (Å²) in [7, 11) is 1.64. The Hall–Kier alpha value is -2.01. The van der Waals surface area contributed by atoms with Crippen LogP contribution in [0, 0.1) is 0 Å². The van der Waals surface area contributed by atoms with Crippen molar-refractivity contribution in [1.29, 1.82) is 0 Å². The standard InChI is InChI=1S/C11H15N5O5/c1-12-8-5-9(14-3-13-8)16(11(20)15-5)10-7(19)6(18)4(2-17)21-10/h3-4,6-7,10,17-19H,2H2,1H3,(H,15,20)(H,12,13,14)/t4-,6?,7?,10-/m1/s1. The van der Waals surface area contributed by atoms with Crippen LogP contribution in [0.25, 0.3) is 11.2 Å². The first-order chi connectivity index (χ1) is 10.1. The van der Waals surface area contributed by atoms with E-state index in [2.05, 4.69) is 20.3 Å². The topological polar surface area (TPSA) is 146 Å². The lowest BCUT2D eigenvalue weighted by Gasteiger charge is -2.17. The van der Waals surface area contributed by atoms with Crippen molar-refractivity contribution in [2.24, 2.45) is 0 Å². The third-order valence-corrected chi connectivity index (χ3v) is 3.47. The fourth-order valence-corrected chi connectivity index (χ4v) is 2.41. The molecule has 1 aliphatic heterocycles. The van der Waals surface area contributed by atoms with Crippen LogP contribution in [0.5, 0.6) is 6.01 Å². The molecule has 0 amide bonds. The van der Waals surface area contributed by atoms with E-state index >= 15 is 0 Å². The molecule has 4 atom stereocenters. The van der Waals surface area contributed by atoms with Gasteiger partial charge in [0.05, 0.1) is 6.61 Å². The molecule has 21 heavy (non-hydrogen) atoms. The van der Waals surface area contributed by atoms with Crippen LogP contribution >= 0.6 is 0 Å². The molecule has 0 aromatic carbocycles.